The van der Waals surface area contributed by atoms with E-state index in [1.54, 1.807) is 13.3 Å². The third-order valence-electron chi connectivity index (χ3n) is 4.97. The minimum Gasteiger partial charge on any atom is -0.494 e. The van der Waals surface area contributed by atoms with Crippen molar-refractivity contribution in [2.24, 2.45) is 0 Å². The quantitative estimate of drug-likeness (QED) is 0.552. The molecule has 1 fully saturated rings. The predicted molar refractivity (Wildman–Crippen MR) is 119 cm³/mol. The number of nitrogens with one attached hydrogen (secondary N) is 1. The maximum absolute atomic E-state index is 6.60. The van der Waals surface area contributed by atoms with Gasteiger partial charge in [-0.25, -0.2) is 4.98 Å². The van der Waals surface area contributed by atoms with E-state index >= 15 is 0 Å². The van der Waals surface area contributed by atoms with Gasteiger partial charge in [0.1, 0.15) is 11.5 Å². The summed E-state index contributed by atoms with van der Waals surface area (Å²) in [6, 6.07) is 4.15. The van der Waals surface area contributed by atoms with E-state index < -0.39 is 0 Å². The molecule has 0 saturated carbocycles. The molecule has 0 amide bonds. The number of hydrogen-bond acceptors (Lipinski definition) is 7. The zero-order valence-corrected chi connectivity index (χ0v) is 19.1. The summed E-state index contributed by atoms with van der Waals surface area (Å²) in [5.74, 6) is 2.67. The highest BCUT2D eigenvalue weighted by Gasteiger charge is 2.22. The van der Waals surface area contributed by atoms with Crippen molar-refractivity contribution >= 4 is 29.0 Å². The molecule has 0 atom stereocenters. The van der Waals surface area contributed by atoms with Crippen LogP contribution in [0.15, 0.2) is 18.3 Å². The highest BCUT2D eigenvalue weighted by molar-refractivity contribution is 6.32. The number of nitrogens with zero attached hydrogens (tertiary/aromatic N) is 3. The van der Waals surface area contributed by atoms with Gasteiger partial charge in [-0.3, -0.25) is 4.90 Å². The molecule has 2 heterocycles. The molecule has 0 unspecified atom stereocenters. The summed E-state index contributed by atoms with van der Waals surface area (Å²) >= 11 is 12.5. The lowest BCUT2D eigenvalue weighted by Gasteiger charge is -2.33. The fourth-order valence-electron chi connectivity index (χ4n) is 3.52. The zero-order valence-electron chi connectivity index (χ0n) is 17.6. The van der Waals surface area contributed by atoms with E-state index in [1.807, 2.05) is 26.0 Å². The smallest absolute Gasteiger partial charge is 0.224 e. The summed E-state index contributed by atoms with van der Waals surface area (Å²) in [4.78, 5) is 10.6. The molecule has 0 aliphatic carbocycles. The Hall–Kier alpha value is -1.96. The fourth-order valence-corrected chi connectivity index (χ4v) is 3.88. The lowest BCUT2D eigenvalue weighted by atomic mass is 10.0. The van der Waals surface area contributed by atoms with Crippen molar-refractivity contribution < 1.29 is 14.2 Å². The summed E-state index contributed by atoms with van der Waals surface area (Å²) in [7, 11) is 1.59. The Bertz CT molecular complexity index is 845. The molecule has 164 valence electrons. The molecule has 7 nitrogen and oxygen atoms in total. The number of methoxy groups -OCH3 is 1. The van der Waals surface area contributed by atoms with Crippen molar-refractivity contribution in [3.05, 3.63) is 34.2 Å². The highest BCUT2D eigenvalue weighted by Crippen LogP contribution is 2.35. The van der Waals surface area contributed by atoms with Crippen LogP contribution in [-0.2, 0) is 6.54 Å². The second-order valence-corrected chi connectivity index (χ2v) is 7.73. The van der Waals surface area contributed by atoms with Gasteiger partial charge in [-0.05, 0) is 49.9 Å². The summed E-state index contributed by atoms with van der Waals surface area (Å²) < 4.78 is 16.7. The molecule has 2 aromatic rings. The summed E-state index contributed by atoms with van der Waals surface area (Å²) in [6.07, 6.45) is 3.51. The Labute approximate surface area is 187 Å². The third kappa shape index (κ3) is 5.80. The van der Waals surface area contributed by atoms with Crippen LogP contribution in [-0.4, -0.2) is 54.3 Å². The van der Waals surface area contributed by atoms with Crippen molar-refractivity contribution in [2.45, 2.75) is 39.3 Å². The van der Waals surface area contributed by atoms with Crippen molar-refractivity contribution in [3.8, 4) is 17.2 Å². The number of likely N-dealkylation sites (tertiary alicyclic amines) is 1. The fraction of sp³-hybridized carbons (Fsp3) is 0.524. The lowest BCUT2D eigenvalue weighted by Crippen LogP contribution is -2.39. The number of rotatable bonds is 9. The lowest BCUT2D eigenvalue weighted by molar-refractivity contribution is 0.210. The molecule has 0 bridgehead atoms. The number of aromatic nitrogens is 2. The SMILES string of the molecule is CCOc1cc(CN2CCC(Nc3nc(Cl)ncc3OC)CC2)c(Cl)c(OCC)c1. The van der Waals surface area contributed by atoms with Gasteiger partial charge >= 0.3 is 0 Å². The maximum atomic E-state index is 6.60. The number of ether oxygens (including phenoxy) is 3. The first-order valence-electron chi connectivity index (χ1n) is 10.2. The molecular weight excluding hydrogens is 427 g/mol. The first kappa shape index (κ1) is 22.7. The van der Waals surface area contributed by atoms with Crippen molar-refractivity contribution in [3.63, 3.8) is 0 Å². The molecule has 1 aromatic heterocycles. The molecule has 1 aromatic carbocycles. The average Bonchev–Trinajstić information content (AvgIpc) is 2.73. The van der Waals surface area contributed by atoms with Crippen LogP contribution in [0.5, 0.6) is 17.2 Å². The summed E-state index contributed by atoms with van der Waals surface area (Å²) in [5, 5.41) is 4.29. The molecule has 0 spiro atoms. The van der Waals surface area contributed by atoms with E-state index in [4.69, 9.17) is 37.4 Å². The van der Waals surface area contributed by atoms with E-state index in [2.05, 4.69) is 20.2 Å². The highest BCUT2D eigenvalue weighted by atomic mass is 35.5. The van der Waals surface area contributed by atoms with Crippen LogP contribution in [0, 0.1) is 0 Å². The second-order valence-electron chi connectivity index (χ2n) is 7.01. The number of halogens is 2. The molecule has 0 radical (unpaired) electrons. The van der Waals surface area contributed by atoms with Crippen LogP contribution >= 0.6 is 23.2 Å². The van der Waals surface area contributed by atoms with Gasteiger partial charge in [0.15, 0.2) is 11.6 Å². The van der Waals surface area contributed by atoms with E-state index in [0.29, 0.717) is 35.6 Å². The first-order valence-corrected chi connectivity index (χ1v) is 10.9. The van der Waals surface area contributed by atoms with E-state index in [0.717, 1.165) is 43.8 Å². The van der Waals surface area contributed by atoms with Gasteiger partial charge in [0, 0.05) is 31.7 Å². The molecular formula is C21H28Cl2N4O3. The van der Waals surface area contributed by atoms with Crippen molar-refractivity contribution in [1.29, 1.82) is 0 Å². The van der Waals surface area contributed by atoms with Crippen LogP contribution < -0.4 is 19.5 Å². The summed E-state index contributed by atoms with van der Waals surface area (Å²) in [6.45, 7) is 7.67. The molecule has 1 aliphatic rings. The minimum atomic E-state index is 0.199. The predicted octanol–water partition coefficient (Wildman–Crippen LogP) is 4.67. The number of piperidine rings is 1. The van der Waals surface area contributed by atoms with Gasteiger partial charge in [-0.2, -0.15) is 4.98 Å². The molecule has 9 heteroatoms. The van der Waals surface area contributed by atoms with Gasteiger partial charge in [0.05, 0.1) is 31.5 Å². The van der Waals surface area contributed by atoms with Gasteiger partial charge < -0.3 is 19.5 Å². The monoisotopic (exact) mass is 454 g/mol. The number of anilines is 1. The van der Waals surface area contributed by atoms with Crippen LogP contribution in [0.25, 0.3) is 0 Å². The van der Waals surface area contributed by atoms with E-state index in [1.165, 1.54) is 0 Å². The van der Waals surface area contributed by atoms with Crippen molar-refractivity contribution in [2.75, 3.05) is 38.7 Å². The first-order chi connectivity index (χ1) is 14.5. The average molecular weight is 455 g/mol. The van der Waals surface area contributed by atoms with E-state index in [-0.39, 0.29) is 11.3 Å². The standard InChI is InChI=1S/C21H28Cl2N4O3/c1-4-29-16-10-14(19(22)17(11-16)30-5-2)13-27-8-6-15(7-9-27)25-20-18(28-3)12-24-21(23)26-20/h10-12,15H,4-9,13H2,1-3H3,(H,24,25,26). The molecule has 1 saturated heterocycles. The Kier molecular flexibility index (Phi) is 8.24. The Morgan fingerprint density at radius 2 is 1.83 bits per heavy atom. The Morgan fingerprint density at radius 1 is 1.10 bits per heavy atom. The van der Waals surface area contributed by atoms with Crippen molar-refractivity contribution in [1.82, 2.24) is 14.9 Å². The topological polar surface area (TPSA) is 68.7 Å². The normalized spacial score (nSPS) is 15.1. The minimum absolute atomic E-state index is 0.199. The van der Waals surface area contributed by atoms with Crippen LogP contribution in [0.4, 0.5) is 5.82 Å². The third-order valence-corrected chi connectivity index (χ3v) is 5.58. The van der Waals surface area contributed by atoms with Crippen LogP contribution in [0.1, 0.15) is 32.3 Å². The van der Waals surface area contributed by atoms with E-state index in [9.17, 15) is 0 Å². The van der Waals surface area contributed by atoms with Gasteiger partial charge in [-0.1, -0.05) is 11.6 Å². The van der Waals surface area contributed by atoms with Crippen LogP contribution in [0.2, 0.25) is 10.3 Å². The summed E-state index contributed by atoms with van der Waals surface area (Å²) in [5.41, 5.74) is 1.02. The second kappa shape index (κ2) is 10.9. The molecule has 3 rings (SSSR count). The zero-order chi connectivity index (χ0) is 21.5. The van der Waals surface area contributed by atoms with Gasteiger partial charge in [-0.15, -0.1) is 0 Å². The Balaban J connectivity index is 1.63. The van der Waals surface area contributed by atoms with Gasteiger partial charge in [0.2, 0.25) is 5.28 Å². The maximum Gasteiger partial charge on any atom is 0.224 e. The van der Waals surface area contributed by atoms with Gasteiger partial charge in [0.25, 0.3) is 0 Å². The molecule has 1 aliphatic heterocycles. The molecule has 1 N–H and O–H groups in total. The largest absolute Gasteiger partial charge is 0.494 e. The number of hydrogen-bond donors (Lipinski definition) is 1. The molecule has 30 heavy (non-hydrogen) atoms. The Morgan fingerprint density at radius 3 is 2.50 bits per heavy atom. The number of benzene rings is 1. The van der Waals surface area contributed by atoms with Crippen LogP contribution in [0.3, 0.4) is 0 Å².